The van der Waals surface area contributed by atoms with E-state index in [1.165, 1.54) is 12.8 Å². The first-order valence-electron chi connectivity index (χ1n) is 6.09. The van der Waals surface area contributed by atoms with Crippen LogP contribution in [0.3, 0.4) is 0 Å². The fourth-order valence-electron chi connectivity index (χ4n) is 2.52. The molecule has 0 bridgehead atoms. The number of nitrogens with zero attached hydrogens (tertiary/aromatic N) is 1. The zero-order valence-corrected chi connectivity index (χ0v) is 10.9. The van der Waals surface area contributed by atoms with Crippen LogP contribution in [0.2, 0.25) is 0 Å². The van der Waals surface area contributed by atoms with Gasteiger partial charge < -0.3 is 15.2 Å². The van der Waals surface area contributed by atoms with E-state index in [2.05, 4.69) is 11.8 Å². The lowest BCUT2D eigenvalue weighted by molar-refractivity contribution is -0.0109. The first-order valence-corrected chi connectivity index (χ1v) is 6.09. The molecule has 1 heterocycles. The molecule has 0 aromatic heterocycles. The summed E-state index contributed by atoms with van der Waals surface area (Å²) in [6.07, 6.45) is 2.49. The van der Waals surface area contributed by atoms with E-state index in [-0.39, 0.29) is 5.54 Å². The predicted molar refractivity (Wildman–Crippen MR) is 65.5 cm³/mol. The Labute approximate surface area is 99.1 Å². The van der Waals surface area contributed by atoms with E-state index in [9.17, 15) is 0 Å². The highest BCUT2D eigenvalue weighted by atomic mass is 16.5. The van der Waals surface area contributed by atoms with Gasteiger partial charge in [0.2, 0.25) is 0 Å². The molecule has 1 fully saturated rings. The highest BCUT2D eigenvalue weighted by molar-refractivity contribution is 4.90. The molecule has 0 aromatic carbocycles. The average molecular weight is 230 g/mol. The van der Waals surface area contributed by atoms with Crippen LogP contribution in [0.15, 0.2) is 0 Å². The second kappa shape index (κ2) is 6.55. The molecule has 4 heteroatoms. The standard InChI is InChI=1S/C12H26N2O2/c1-12(9-13,10-16-3)14-6-4-5-11(7-14)8-15-2/h11H,4-10,13H2,1-3H3. The van der Waals surface area contributed by atoms with E-state index < -0.39 is 0 Å². The Kier molecular flexibility index (Phi) is 5.69. The summed E-state index contributed by atoms with van der Waals surface area (Å²) in [5, 5.41) is 0. The molecule has 0 aromatic rings. The van der Waals surface area contributed by atoms with Gasteiger partial charge in [0, 0.05) is 27.3 Å². The molecule has 0 saturated carbocycles. The van der Waals surface area contributed by atoms with Crippen molar-refractivity contribution < 1.29 is 9.47 Å². The smallest absolute Gasteiger partial charge is 0.0656 e. The zero-order valence-electron chi connectivity index (χ0n) is 10.9. The van der Waals surface area contributed by atoms with E-state index in [0.717, 1.165) is 19.7 Å². The van der Waals surface area contributed by atoms with E-state index >= 15 is 0 Å². The maximum absolute atomic E-state index is 5.89. The molecule has 0 radical (unpaired) electrons. The van der Waals surface area contributed by atoms with Crippen molar-refractivity contribution in [2.45, 2.75) is 25.3 Å². The van der Waals surface area contributed by atoms with Crippen LogP contribution in [0.4, 0.5) is 0 Å². The molecule has 1 aliphatic heterocycles. The molecule has 2 N–H and O–H groups in total. The Morgan fingerprint density at radius 2 is 2.12 bits per heavy atom. The predicted octanol–water partition coefficient (Wildman–Crippen LogP) is 0.709. The van der Waals surface area contributed by atoms with Gasteiger partial charge in [-0.3, -0.25) is 4.90 Å². The van der Waals surface area contributed by atoms with Gasteiger partial charge in [0.05, 0.1) is 18.8 Å². The van der Waals surface area contributed by atoms with Crippen molar-refractivity contribution in [3.63, 3.8) is 0 Å². The molecule has 0 amide bonds. The van der Waals surface area contributed by atoms with Crippen molar-refractivity contribution in [3.8, 4) is 0 Å². The van der Waals surface area contributed by atoms with Crippen LogP contribution in [0.5, 0.6) is 0 Å². The molecule has 1 rings (SSSR count). The molecule has 4 nitrogen and oxygen atoms in total. The van der Waals surface area contributed by atoms with E-state index in [1.54, 1.807) is 14.2 Å². The molecule has 1 saturated heterocycles. The Bertz CT molecular complexity index is 199. The van der Waals surface area contributed by atoms with Gasteiger partial charge in [0.1, 0.15) is 0 Å². The molecule has 0 spiro atoms. The van der Waals surface area contributed by atoms with Crippen LogP contribution in [-0.2, 0) is 9.47 Å². The molecule has 1 aliphatic rings. The van der Waals surface area contributed by atoms with Crippen LogP contribution >= 0.6 is 0 Å². The van der Waals surface area contributed by atoms with Crippen LogP contribution in [0, 0.1) is 5.92 Å². The summed E-state index contributed by atoms with van der Waals surface area (Å²) in [5.41, 5.74) is 5.86. The number of hydrogen-bond donors (Lipinski definition) is 1. The summed E-state index contributed by atoms with van der Waals surface area (Å²) in [4.78, 5) is 2.46. The number of hydrogen-bond acceptors (Lipinski definition) is 4. The van der Waals surface area contributed by atoms with Crippen molar-refractivity contribution in [1.29, 1.82) is 0 Å². The van der Waals surface area contributed by atoms with Gasteiger partial charge in [0.25, 0.3) is 0 Å². The third-order valence-corrected chi connectivity index (χ3v) is 3.58. The lowest BCUT2D eigenvalue weighted by Crippen LogP contribution is -2.58. The molecular formula is C12H26N2O2. The number of likely N-dealkylation sites (tertiary alicyclic amines) is 1. The Morgan fingerprint density at radius 3 is 2.69 bits per heavy atom. The molecular weight excluding hydrogens is 204 g/mol. The molecule has 0 aliphatic carbocycles. The van der Waals surface area contributed by atoms with Crippen LogP contribution < -0.4 is 5.73 Å². The molecule has 96 valence electrons. The number of ether oxygens (including phenoxy) is 2. The molecule has 2 atom stereocenters. The number of methoxy groups -OCH3 is 2. The van der Waals surface area contributed by atoms with Gasteiger partial charge in [-0.1, -0.05) is 0 Å². The van der Waals surface area contributed by atoms with Crippen molar-refractivity contribution in [3.05, 3.63) is 0 Å². The van der Waals surface area contributed by atoms with E-state index in [1.807, 2.05) is 0 Å². The first-order chi connectivity index (χ1) is 7.66. The summed E-state index contributed by atoms with van der Waals surface area (Å²) in [7, 11) is 3.51. The first kappa shape index (κ1) is 13.9. The van der Waals surface area contributed by atoms with Crippen LogP contribution in [0.25, 0.3) is 0 Å². The quantitative estimate of drug-likeness (QED) is 0.730. The van der Waals surface area contributed by atoms with Crippen molar-refractivity contribution in [1.82, 2.24) is 4.90 Å². The minimum absolute atomic E-state index is 0.0266. The van der Waals surface area contributed by atoms with Crippen molar-refractivity contribution in [2.75, 3.05) is 47.1 Å². The summed E-state index contributed by atoms with van der Waals surface area (Å²) in [6.45, 7) is 6.57. The van der Waals surface area contributed by atoms with Crippen LogP contribution in [0.1, 0.15) is 19.8 Å². The molecule has 16 heavy (non-hydrogen) atoms. The van der Waals surface area contributed by atoms with Crippen molar-refractivity contribution >= 4 is 0 Å². The summed E-state index contributed by atoms with van der Waals surface area (Å²) >= 11 is 0. The van der Waals surface area contributed by atoms with Crippen LogP contribution in [-0.4, -0.2) is 57.5 Å². The monoisotopic (exact) mass is 230 g/mol. The Morgan fingerprint density at radius 1 is 1.38 bits per heavy atom. The maximum atomic E-state index is 5.89. The zero-order chi connectivity index (χ0) is 12.0. The average Bonchev–Trinajstić information content (AvgIpc) is 2.30. The number of piperidine rings is 1. The normalized spacial score (nSPS) is 26.6. The van der Waals surface area contributed by atoms with Gasteiger partial charge >= 0.3 is 0 Å². The fourth-order valence-corrected chi connectivity index (χ4v) is 2.52. The third kappa shape index (κ3) is 3.42. The van der Waals surface area contributed by atoms with Gasteiger partial charge in [-0.15, -0.1) is 0 Å². The third-order valence-electron chi connectivity index (χ3n) is 3.58. The minimum atomic E-state index is -0.0266. The lowest BCUT2D eigenvalue weighted by Gasteiger charge is -2.44. The Balaban J connectivity index is 2.56. The van der Waals surface area contributed by atoms with Gasteiger partial charge in [0.15, 0.2) is 0 Å². The van der Waals surface area contributed by atoms with E-state index in [4.69, 9.17) is 15.2 Å². The summed E-state index contributed by atoms with van der Waals surface area (Å²) in [6, 6.07) is 0. The maximum Gasteiger partial charge on any atom is 0.0656 e. The van der Waals surface area contributed by atoms with Gasteiger partial charge in [-0.25, -0.2) is 0 Å². The van der Waals surface area contributed by atoms with E-state index in [0.29, 0.717) is 19.1 Å². The van der Waals surface area contributed by atoms with Crippen molar-refractivity contribution in [2.24, 2.45) is 11.7 Å². The second-order valence-electron chi connectivity index (χ2n) is 5.04. The SMILES string of the molecule is COCC1CCCN(C(C)(CN)COC)C1. The largest absolute Gasteiger partial charge is 0.384 e. The lowest BCUT2D eigenvalue weighted by atomic mass is 9.92. The fraction of sp³-hybridized carbons (Fsp3) is 1.00. The number of nitrogens with two attached hydrogens (primary N) is 1. The highest BCUT2D eigenvalue weighted by Crippen LogP contribution is 2.24. The van der Waals surface area contributed by atoms with Gasteiger partial charge in [-0.2, -0.15) is 0 Å². The highest BCUT2D eigenvalue weighted by Gasteiger charge is 2.34. The summed E-state index contributed by atoms with van der Waals surface area (Å²) in [5.74, 6) is 0.640. The minimum Gasteiger partial charge on any atom is -0.384 e. The molecule has 2 unspecified atom stereocenters. The summed E-state index contributed by atoms with van der Waals surface area (Å²) < 4.78 is 10.5. The van der Waals surface area contributed by atoms with Gasteiger partial charge in [-0.05, 0) is 32.2 Å². The number of rotatable bonds is 6. The topological polar surface area (TPSA) is 47.7 Å². The Hall–Kier alpha value is -0.160. The second-order valence-corrected chi connectivity index (χ2v) is 5.04.